The smallest absolute Gasteiger partial charge is 0.321 e. The van der Waals surface area contributed by atoms with Gasteiger partial charge in [0, 0.05) is 6.54 Å². The quantitative estimate of drug-likeness (QED) is 0.343. The van der Waals surface area contributed by atoms with Crippen molar-refractivity contribution in [3.8, 4) is 0 Å². The van der Waals surface area contributed by atoms with Crippen molar-refractivity contribution in [3.63, 3.8) is 0 Å². The lowest BCUT2D eigenvalue weighted by Gasteiger charge is -2.34. The van der Waals surface area contributed by atoms with E-state index in [9.17, 15) is 18.3 Å². The fourth-order valence-electron chi connectivity index (χ4n) is 3.95. The van der Waals surface area contributed by atoms with Crippen molar-refractivity contribution in [2.45, 2.75) is 36.2 Å². The van der Waals surface area contributed by atoms with E-state index in [1.807, 2.05) is 37.3 Å². The summed E-state index contributed by atoms with van der Waals surface area (Å²) in [5.41, 5.74) is 0.929. The zero-order valence-electron chi connectivity index (χ0n) is 18.2. The number of aliphatic hydroxyl groups is 1. The molecule has 0 bridgehead atoms. The number of carbonyl (C=O) groups excluding carboxylic acids is 1. The number of sulfonamides is 1. The summed E-state index contributed by atoms with van der Waals surface area (Å²) in [6, 6.07) is 16.3. The van der Waals surface area contributed by atoms with Gasteiger partial charge >= 0.3 is 5.97 Å². The van der Waals surface area contributed by atoms with Crippen LogP contribution in [0.3, 0.4) is 0 Å². The van der Waals surface area contributed by atoms with E-state index in [-0.39, 0.29) is 18.0 Å². The Morgan fingerprint density at radius 3 is 2.29 bits per heavy atom. The first-order valence-electron chi connectivity index (χ1n) is 10.1. The number of nitrogens with zero attached hydrogens (tertiary/aromatic N) is 1. The monoisotopic (exact) mass is 463 g/mol. The van der Waals surface area contributed by atoms with Gasteiger partial charge in [-0.05, 0) is 19.1 Å². The predicted octanol–water partition coefficient (Wildman–Crippen LogP) is 1.44. The number of aryl methyl sites for hydroxylation is 1. The Hall–Kier alpha value is -2.04. The minimum absolute atomic E-state index is 0.0440. The Morgan fingerprint density at radius 2 is 1.77 bits per heavy atom. The standard InChI is InChI=1S/C22H29NO6SSi/c1-17-10-12-18(13-11-17)30(26,27)23(14-21(25)28-2)16-22(20(15-24)29-22)31(3,4)19-8-6-5-7-9-19/h5-13,20,24H,14-16H2,1-4H3/t20-,22-/m1/s1. The summed E-state index contributed by atoms with van der Waals surface area (Å²) in [6.45, 7) is 5.35. The van der Waals surface area contributed by atoms with Gasteiger partial charge in [-0.1, -0.05) is 66.3 Å². The molecule has 168 valence electrons. The second-order valence-electron chi connectivity index (χ2n) is 8.33. The summed E-state index contributed by atoms with van der Waals surface area (Å²) < 4.78 is 38.9. The van der Waals surface area contributed by atoms with Crippen LogP contribution < -0.4 is 5.19 Å². The average Bonchev–Trinajstić information content (AvgIpc) is 3.49. The molecule has 2 aromatic rings. The zero-order chi connectivity index (χ0) is 22.9. The van der Waals surface area contributed by atoms with E-state index in [0.717, 1.165) is 15.1 Å². The minimum Gasteiger partial charge on any atom is -0.468 e. The Balaban J connectivity index is 2.03. The summed E-state index contributed by atoms with van der Waals surface area (Å²) in [7, 11) is -5.21. The first-order valence-corrected chi connectivity index (χ1v) is 14.5. The summed E-state index contributed by atoms with van der Waals surface area (Å²) in [4.78, 5) is 12.2. The van der Waals surface area contributed by atoms with E-state index in [0.29, 0.717) is 0 Å². The van der Waals surface area contributed by atoms with Crippen LogP contribution in [0, 0.1) is 6.92 Å². The van der Waals surface area contributed by atoms with Crippen LogP contribution in [0.4, 0.5) is 0 Å². The summed E-state index contributed by atoms with van der Waals surface area (Å²) in [6.07, 6.45) is -0.497. The fraction of sp³-hybridized carbons (Fsp3) is 0.409. The van der Waals surface area contributed by atoms with Crippen LogP contribution in [0.2, 0.25) is 13.1 Å². The van der Waals surface area contributed by atoms with Crippen LogP contribution in [-0.2, 0) is 24.3 Å². The molecule has 0 saturated carbocycles. The van der Waals surface area contributed by atoms with Crippen molar-refractivity contribution >= 4 is 29.3 Å². The van der Waals surface area contributed by atoms with Crippen LogP contribution >= 0.6 is 0 Å². The third-order valence-electron chi connectivity index (χ3n) is 6.14. The Kier molecular flexibility index (Phi) is 6.73. The molecule has 0 unspecified atom stereocenters. The number of aliphatic hydroxyl groups excluding tert-OH is 1. The van der Waals surface area contributed by atoms with Gasteiger partial charge in [0.05, 0.1) is 18.6 Å². The van der Waals surface area contributed by atoms with Crippen molar-refractivity contribution in [2.75, 3.05) is 26.8 Å². The molecule has 3 rings (SSSR count). The van der Waals surface area contributed by atoms with Gasteiger partial charge in [0.1, 0.15) is 25.9 Å². The number of esters is 1. The Morgan fingerprint density at radius 1 is 1.16 bits per heavy atom. The highest BCUT2D eigenvalue weighted by Gasteiger charge is 2.67. The number of ether oxygens (including phenoxy) is 2. The van der Waals surface area contributed by atoms with Crippen molar-refractivity contribution in [1.29, 1.82) is 0 Å². The molecule has 0 radical (unpaired) electrons. The molecule has 2 atom stereocenters. The van der Waals surface area contributed by atoms with E-state index in [2.05, 4.69) is 13.1 Å². The molecule has 31 heavy (non-hydrogen) atoms. The normalized spacial score (nSPS) is 21.2. The highest BCUT2D eigenvalue weighted by molar-refractivity contribution is 7.89. The number of epoxide rings is 1. The lowest BCUT2D eigenvalue weighted by atomic mass is 10.2. The molecule has 1 fully saturated rings. The van der Waals surface area contributed by atoms with E-state index in [1.165, 1.54) is 19.2 Å². The van der Waals surface area contributed by atoms with Crippen molar-refractivity contribution in [1.82, 2.24) is 4.31 Å². The van der Waals surface area contributed by atoms with Crippen LogP contribution in [0.15, 0.2) is 59.5 Å². The van der Waals surface area contributed by atoms with Gasteiger partial charge < -0.3 is 14.6 Å². The van der Waals surface area contributed by atoms with Gasteiger partial charge in [0.25, 0.3) is 0 Å². The maximum absolute atomic E-state index is 13.5. The zero-order valence-corrected chi connectivity index (χ0v) is 20.1. The number of methoxy groups -OCH3 is 1. The average molecular weight is 464 g/mol. The third-order valence-corrected chi connectivity index (χ3v) is 12.4. The third kappa shape index (κ3) is 4.46. The molecule has 2 aromatic carbocycles. The molecule has 9 heteroatoms. The van der Waals surface area contributed by atoms with Gasteiger partial charge in [-0.25, -0.2) is 8.42 Å². The predicted molar refractivity (Wildman–Crippen MR) is 120 cm³/mol. The number of benzene rings is 2. The number of hydrogen-bond donors (Lipinski definition) is 1. The molecule has 1 N–H and O–H groups in total. The van der Waals surface area contributed by atoms with Crippen LogP contribution in [-0.4, -0.2) is 70.0 Å². The van der Waals surface area contributed by atoms with Gasteiger partial charge in [0.15, 0.2) is 0 Å². The lowest BCUT2D eigenvalue weighted by Crippen LogP contribution is -2.62. The Bertz CT molecular complexity index is 1030. The molecular weight excluding hydrogens is 434 g/mol. The van der Waals surface area contributed by atoms with Gasteiger partial charge in [-0.3, -0.25) is 4.79 Å². The van der Waals surface area contributed by atoms with Crippen LogP contribution in [0.5, 0.6) is 0 Å². The van der Waals surface area contributed by atoms with Crippen LogP contribution in [0.25, 0.3) is 0 Å². The molecule has 1 saturated heterocycles. The van der Waals surface area contributed by atoms with Crippen LogP contribution in [0.1, 0.15) is 5.56 Å². The van der Waals surface area contributed by atoms with Crippen molar-refractivity contribution in [3.05, 3.63) is 60.2 Å². The van der Waals surface area contributed by atoms with Crippen molar-refractivity contribution in [2.24, 2.45) is 0 Å². The summed E-state index contributed by atoms with van der Waals surface area (Å²) >= 11 is 0. The number of hydrogen-bond acceptors (Lipinski definition) is 6. The minimum atomic E-state index is -4.00. The van der Waals surface area contributed by atoms with Gasteiger partial charge in [-0.15, -0.1) is 0 Å². The van der Waals surface area contributed by atoms with E-state index >= 15 is 0 Å². The van der Waals surface area contributed by atoms with Gasteiger partial charge in [0.2, 0.25) is 10.0 Å². The molecule has 0 amide bonds. The molecule has 0 spiro atoms. The molecule has 0 aliphatic carbocycles. The Labute approximate surface area is 184 Å². The molecule has 7 nitrogen and oxygen atoms in total. The second-order valence-corrected chi connectivity index (χ2v) is 14.9. The van der Waals surface area contributed by atoms with Crippen molar-refractivity contribution < 1.29 is 27.8 Å². The largest absolute Gasteiger partial charge is 0.468 e. The highest BCUT2D eigenvalue weighted by Crippen LogP contribution is 2.45. The SMILES string of the molecule is COC(=O)CN(C[C@]1([Si](C)(C)c2ccccc2)O[C@@H]1CO)S(=O)(=O)c1ccc(C)cc1. The highest BCUT2D eigenvalue weighted by atomic mass is 32.2. The van der Waals surface area contributed by atoms with E-state index in [1.54, 1.807) is 12.1 Å². The molecule has 0 aromatic heterocycles. The maximum Gasteiger partial charge on any atom is 0.321 e. The molecular formula is C22H29NO6SSi. The fourth-order valence-corrected chi connectivity index (χ4v) is 8.91. The van der Waals surface area contributed by atoms with Gasteiger partial charge in [-0.2, -0.15) is 4.31 Å². The topological polar surface area (TPSA) is 96.4 Å². The molecule has 1 heterocycles. The first kappa shape index (κ1) is 23.6. The maximum atomic E-state index is 13.5. The summed E-state index contributed by atoms with van der Waals surface area (Å²) in [5.74, 6) is -0.661. The number of rotatable bonds is 9. The second kappa shape index (κ2) is 8.83. The van der Waals surface area contributed by atoms with E-state index < -0.39 is 41.9 Å². The summed E-state index contributed by atoms with van der Waals surface area (Å²) in [5, 5.41) is 10.1. The first-order chi connectivity index (χ1) is 14.6. The molecule has 1 aliphatic rings. The lowest BCUT2D eigenvalue weighted by molar-refractivity contribution is -0.140. The van der Waals surface area contributed by atoms with E-state index in [4.69, 9.17) is 9.47 Å². The molecule has 1 aliphatic heterocycles. The number of carbonyl (C=O) groups is 1.